The zero-order valence-electron chi connectivity index (χ0n) is 14.6. The highest BCUT2D eigenvalue weighted by Gasteiger charge is 2.19. The predicted molar refractivity (Wildman–Crippen MR) is 91.3 cm³/mol. The molecule has 1 aromatic carbocycles. The van der Waals surface area contributed by atoms with E-state index < -0.39 is 6.61 Å². The van der Waals surface area contributed by atoms with Crippen LogP contribution in [0.2, 0.25) is 0 Å². The fourth-order valence-corrected chi connectivity index (χ4v) is 2.64. The van der Waals surface area contributed by atoms with E-state index in [1.807, 2.05) is 13.0 Å². The molecule has 0 spiro atoms. The minimum absolute atomic E-state index is 0.0580. The summed E-state index contributed by atoms with van der Waals surface area (Å²) in [5.74, 6) is 1.07. The molecule has 0 bridgehead atoms. The van der Waals surface area contributed by atoms with E-state index in [0.29, 0.717) is 36.0 Å². The van der Waals surface area contributed by atoms with Gasteiger partial charge in [0.2, 0.25) is 5.69 Å². The van der Waals surface area contributed by atoms with Crippen molar-refractivity contribution < 1.29 is 28.3 Å². The first kappa shape index (κ1) is 18.7. The number of hydrogen-bond donors (Lipinski definition) is 1. The molecule has 0 saturated heterocycles. The lowest BCUT2D eigenvalue weighted by Gasteiger charge is -2.09. The Balaban J connectivity index is 1.97. The third-order valence-corrected chi connectivity index (χ3v) is 3.77. The summed E-state index contributed by atoms with van der Waals surface area (Å²) < 4.78 is 36.7. The van der Waals surface area contributed by atoms with Crippen molar-refractivity contribution in [2.75, 3.05) is 6.61 Å². The molecule has 2 heterocycles. The Morgan fingerprint density at radius 3 is 2.85 bits per heavy atom. The van der Waals surface area contributed by atoms with Crippen molar-refractivity contribution in [3.8, 4) is 22.8 Å². The molecule has 0 aliphatic rings. The van der Waals surface area contributed by atoms with Gasteiger partial charge in [-0.05, 0) is 31.2 Å². The van der Waals surface area contributed by atoms with Crippen LogP contribution >= 0.6 is 0 Å². The molecule has 9 heteroatoms. The van der Waals surface area contributed by atoms with Crippen LogP contribution in [0.25, 0.3) is 11.3 Å². The van der Waals surface area contributed by atoms with Gasteiger partial charge in [-0.1, -0.05) is 6.07 Å². The number of nitrogens with zero attached hydrogens (tertiary/aromatic N) is 3. The van der Waals surface area contributed by atoms with E-state index >= 15 is 0 Å². The minimum Gasteiger partial charge on any atom is -0.487 e. The first-order chi connectivity index (χ1) is 13.1. The maximum Gasteiger partial charge on any atom is 0.387 e. The number of rotatable bonds is 8. The van der Waals surface area contributed by atoms with Crippen molar-refractivity contribution in [2.24, 2.45) is 0 Å². The van der Waals surface area contributed by atoms with E-state index in [1.165, 1.54) is 18.5 Å². The zero-order valence-corrected chi connectivity index (χ0v) is 14.6. The number of aromatic nitrogens is 4. The number of nitrogens with one attached hydrogen (secondary N) is 1. The average Bonchev–Trinajstić information content (AvgIpc) is 3.10. The van der Waals surface area contributed by atoms with Gasteiger partial charge in [0.05, 0.1) is 12.2 Å². The van der Waals surface area contributed by atoms with Gasteiger partial charge in [0.25, 0.3) is 5.69 Å². The monoisotopic (exact) mass is 377 g/mol. The number of hydrogen-bond acceptors (Lipinski definition) is 5. The molecule has 3 aromatic rings. The van der Waals surface area contributed by atoms with Crippen molar-refractivity contribution in [1.29, 1.82) is 0 Å². The number of pyridine rings is 1. The summed E-state index contributed by atoms with van der Waals surface area (Å²) in [5, 5.41) is 13.4. The molecule has 3 rings (SSSR count). The lowest BCUT2D eigenvalue weighted by atomic mass is 10.1. The van der Waals surface area contributed by atoms with Crippen molar-refractivity contribution in [2.45, 2.75) is 26.7 Å². The van der Waals surface area contributed by atoms with E-state index in [1.54, 1.807) is 22.9 Å². The quantitative estimate of drug-likeness (QED) is 0.651. The minimum atomic E-state index is -2.90. The lowest BCUT2D eigenvalue weighted by molar-refractivity contribution is -0.378. The van der Waals surface area contributed by atoms with Crippen LogP contribution in [0.15, 0.2) is 42.7 Å². The lowest BCUT2D eigenvalue weighted by Crippen LogP contribution is -2.20. The summed E-state index contributed by atoms with van der Waals surface area (Å²) in [5.41, 5.74) is 2.04. The Bertz CT molecular complexity index is 902. The first-order valence-corrected chi connectivity index (χ1v) is 8.31. The molecule has 0 saturated carbocycles. The number of H-pyrrole nitrogens is 1. The molecule has 27 heavy (non-hydrogen) atoms. The molecular weight excluding hydrogens is 358 g/mol. The van der Waals surface area contributed by atoms with E-state index in [-0.39, 0.29) is 12.4 Å². The second-order valence-corrected chi connectivity index (χ2v) is 5.55. The molecule has 0 fully saturated rings. The van der Waals surface area contributed by atoms with Gasteiger partial charge in [-0.2, -0.15) is 13.9 Å². The number of alkyl halides is 2. The van der Waals surface area contributed by atoms with Crippen molar-refractivity contribution >= 4 is 0 Å². The molecule has 0 amide bonds. The maximum absolute atomic E-state index is 12.5. The largest absolute Gasteiger partial charge is 0.487 e. The molecule has 142 valence electrons. The van der Waals surface area contributed by atoms with Gasteiger partial charge < -0.3 is 14.6 Å². The highest BCUT2D eigenvalue weighted by Crippen LogP contribution is 2.29. The summed E-state index contributed by atoms with van der Waals surface area (Å²) >= 11 is 0. The Hall–Kier alpha value is -3.07. The van der Waals surface area contributed by atoms with Crippen LogP contribution in [0.4, 0.5) is 8.78 Å². The van der Waals surface area contributed by atoms with Crippen LogP contribution in [-0.2, 0) is 13.2 Å². The average molecular weight is 377 g/mol. The third kappa shape index (κ3) is 4.56. The van der Waals surface area contributed by atoms with Crippen molar-refractivity contribution in [3.63, 3.8) is 0 Å². The van der Waals surface area contributed by atoms with Crippen molar-refractivity contribution in [3.05, 3.63) is 54.2 Å². The Labute approximate surface area is 154 Å². The Kier molecular flexibility index (Phi) is 5.92. The number of halogens is 2. The van der Waals surface area contributed by atoms with Crippen LogP contribution in [0.1, 0.15) is 18.4 Å². The van der Waals surface area contributed by atoms with Gasteiger partial charge in [-0.15, -0.1) is 0 Å². The smallest absolute Gasteiger partial charge is 0.387 e. The molecule has 0 aliphatic carbocycles. The second kappa shape index (κ2) is 8.54. The van der Waals surface area contributed by atoms with E-state index in [9.17, 15) is 13.9 Å². The number of aliphatic hydroxyl groups is 1. The van der Waals surface area contributed by atoms with Gasteiger partial charge >= 0.3 is 6.61 Å². The highest BCUT2D eigenvalue weighted by atomic mass is 19.3. The summed E-state index contributed by atoms with van der Waals surface area (Å²) in [4.78, 5) is 7.22. The zero-order chi connectivity index (χ0) is 19.2. The summed E-state index contributed by atoms with van der Waals surface area (Å²) in [7, 11) is 0. The van der Waals surface area contributed by atoms with E-state index in [2.05, 4.69) is 19.8 Å². The van der Waals surface area contributed by atoms with Gasteiger partial charge in [0.1, 0.15) is 25.2 Å². The second-order valence-electron chi connectivity index (χ2n) is 5.55. The number of aromatic amines is 1. The highest BCUT2D eigenvalue weighted by molar-refractivity contribution is 5.64. The number of ether oxygens (including phenoxy) is 2. The van der Waals surface area contributed by atoms with Crippen LogP contribution in [0.5, 0.6) is 11.5 Å². The molecule has 2 aromatic heterocycles. The van der Waals surface area contributed by atoms with Crippen molar-refractivity contribution in [1.82, 2.24) is 14.8 Å². The maximum atomic E-state index is 12.5. The van der Waals surface area contributed by atoms with Gasteiger partial charge in [0.15, 0.2) is 11.6 Å². The molecule has 0 unspecified atom stereocenters. The van der Waals surface area contributed by atoms with Crippen LogP contribution < -0.4 is 14.5 Å². The predicted octanol–water partition coefficient (Wildman–Crippen LogP) is 2.30. The standard InChI is InChI=1S/C18H18F2N4O3/c1-2-26-15-7-6-13(9-24-16(10-25)21-11-22-24)23-17(15)12-4-3-5-14(8-12)27-18(19)20/h3-8,11,18,25H,2,9-10H2,1H3/p+1. The fraction of sp³-hybridized carbons (Fsp3) is 0.278. The fourth-order valence-electron chi connectivity index (χ4n) is 2.64. The molecular formula is C18H19F2N4O3+. The summed E-state index contributed by atoms with van der Waals surface area (Å²) in [6, 6.07) is 10.00. The summed E-state index contributed by atoms with van der Waals surface area (Å²) in [6.07, 6.45) is 1.37. The number of aliphatic hydroxyl groups excluding tert-OH is 1. The Morgan fingerprint density at radius 2 is 2.11 bits per heavy atom. The molecule has 7 nitrogen and oxygen atoms in total. The molecule has 2 N–H and O–H groups in total. The SMILES string of the molecule is CCOc1ccc(Cn2ncnc2CO)[nH+]c1-c1cccc(OC(F)F)c1. The normalized spacial score (nSPS) is 11.0. The van der Waals surface area contributed by atoms with E-state index in [4.69, 9.17) is 4.74 Å². The van der Waals surface area contributed by atoms with Gasteiger partial charge in [0, 0.05) is 6.07 Å². The number of benzene rings is 1. The third-order valence-electron chi connectivity index (χ3n) is 3.77. The van der Waals surface area contributed by atoms with E-state index in [0.717, 1.165) is 5.69 Å². The molecule has 0 radical (unpaired) electrons. The topological polar surface area (TPSA) is 83.5 Å². The first-order valence-electron chi connectivity index (χ1n) is 8.31. The van der Waals surface area contributed by atoms with Crippen LogP contribution in [0.3, 0.4) is 0 Å². The van der Waals surface area contributed by atoms with Gasteiger partial charge in [-0.25, -0.2) is 14.6 Å². The van der Waals surface area contributed by atoms with Crippen LogP contribution in [0, 0.1) is 0 Å². The molecule has 0 atom stereocenters. The molecule has 0 aliphatic heterocycles. The van der Waals surface area contributed by atoms with Crippen LogP contribution in [-0.4, -0.2) is 33.1 Å². The Morgan fingerprint density at radius 1 is 1.26 bits per heavy atom. The van der Waals surface area contributed by atoms with Gasteiger partial charge in [-0.3, -0.25) is 0 Å². The summed E-state index contributed by atoms with van der Waals surface area (Å²) in [6.45, 7) is -0.465.